The molecule has 1 aromatic rings. The fourth-order valence-electron chi connectivity index (χ4n) is 3.20. The predicted octanol–water partition coefficient (Wildman–Crippen LogP) is 1.97. The van der Waals surface area contributed by atoms with Crippen LogP contribution in [-0.2, 0) is 12.8 Å². The SMILES string of the molecule is C=CC1CCc2c(nc(OCCC)nc2N2CCNCC2)C1. The van der Waals surface area contributed by atoms with Gasteiger partial charge in [-0.1, -0.05) is 13.0 Å². The van der Waals surface area contributed by atoms with Crippen molar-refractivity contribution in [2.24, 2.45) is 5.92 Å². The first-order valence-corrected chi connectivity index (χ1v) is 8.42. The maximum absolute atomic E-state index is 5.73. The molecule has 1 aliphatic carbocycles. The number of ether oxygens (including phenoxy) is 1. The van der Waals surface area contributed by atoms with E-state index in [1.54, 1.807) is 0 Å². The van der Waals surface area contributed by atoms with Gasteiger partial charge >= 0.3 is 6.01 Å². The van der Waals surface area contributed by atoms with Crippen LogP contribution in [0.3, 0.4) is 0 Å². The highest BCUT2D eigenvalue weighted by Crippen LogP contribution is 2.32. The Bertz CT molecular complexity index is 526. The summed E-state index contributed by atoms with van der Waals surface area (Å²) in [5, 5.41) is 3.40. The van der Waals surface area contributed by atoms with Crippen molar-refractivity contribution in [2.45, 2.75) is 32.6 Å². The van der Waals surface area contributed by atoms with Crippen molar-refractivity contribution in [3.8, 4) is 6.01 Å². The molecular weight excluding hydrogens is 276 g/mol. The Hall–Kier alpha value is -1.62. The van der Waals surface area contributed by atoms with Crippen LogP contribution in [0.1, 0.15) is 31.0 Å². The van der Waals surface area contributed by atoms with Gasteiger partial charge in [0.05, 0.1) is 12.3 Å². The van der Waals surface area contributed by atoms with Gasteiger partial charge in [0.2, 0.25) is 0 Å². The van der Waals surface area contributed by atoms with E-state index < -0.39 is 0 Å². The fraction of sp³-hybridized carbons (Fsp3) is 0.647. The van der Waals surface area contributed by atoms with E-state index in [1.165, 1.54) is 5.56 Å². The second-order valence-electron chi connectivity index (χ2n) is 6.08. The summed E-state index contributed by atoms with van der Waals surface area (Å²) in [6.45, 7) is 10.7. The summed E-state index contributed by atoms with van der Waals surface area (Å²) in [7, 11) is 0. The molecule has 0 bridgehead atoms. The number of piperazine rings is 1. The van der Waals surface area contributed by atoms with Gasteiger partial charge in [0, 0.05) is 31.7 Å². The molecule has 0 aromatic carbocycles. The molecule has 22 heavy (non-hydrogen) atoms. The van der Waals surface area contributed by atoms with E-state index in [0.29, 0.717) is 18.5 Å². The van der Waals surface area contributed by atoms with E-state index in [0.717, 1.165) is 63.4 Å². The molecule has 0 saturated carbocycles. The number of anilines is 1. The third kappa shape index (κ3) is 3.24. The smallest absolute Gasteiger partial charge is 0.318 e. The van der Waals surface area contributed by atoms with Crippen molar-refractivity contribution in [2.75, 3.05) is 37.7 Å². The zero-order valence-corrected chi connectivity index (χ0v) is 13.5. The Kier molecular flexibility index (Phi) is 4.93. The van der Waals surface area contributed by atoms with Crippen molar-refractivity contribution in [1.82, 2.24) is 15.3 Å². The number of hydrogen-bond acceptors (Lipinski definition) is 5. The lowest BCUT2D eigenvalue weighted by atomic mass is 9.87. The molecule has 1 unspecified atom stereocenters. The van der Waals surface area contributed by atoms with Crippen molar-refractivity contribution in [3.63, 3.8) is 0 Å². The van der Waals surface area contributed by atoms with E-state index in [1.807, 2.05) is 0 Å². The van der Waals surface area contributed by atoms with Crippen LogP contribution in [0, 0.1) is 5.92 Å². The van der Waals surface area contributed by atoms with Gasteiger partial charge in [0.25, 0.3) is 0 Å². The van der Waals surface area contributed by atoms with Gasteiger partial charge in [-0.3, -0.25) is 0 Å². The average Bonchev–Trinajstić information content (AvgIpc) is 2.59. The summed E-state index contributed by atoms with van der Waals surface area (Å²) in [6, 6.07) is 0.541. The van der Waals surface area contributed by atoms with E-state index >= 15 is 0 Å². The summed E-state index contributed by atoms with van der Waals surface area (Å²) in [5.41, 5.74) is 2.48. The molecule has 0 radical (unpaired) electrons. The average molecular weight is 302 g/mol. The highest BCUT2D eigenvalue weighted by molar-refractivity contribution is 5.51. The van der Waals surface area contributed by atoms with Crippen LogP contribution in [0.4, 0.5) is 5.82 Å². The number of hydrogen-bond donors (Lipinski definition) is 1. The second-order valence-corrected chi connectivity index (χ2v) is 6.08. The molecule has 1 N–H and O–H groups in total. The Morgan fingerprint density at radius 2 is 2.18 bits per heavy atom. The molecule has 1 atom stereocenters. The van der Waals surface area contributed by atoms with Gasteiger partial charge < -0.3 is 15.0 Å². The fourth-order valence-corrected chi connectivity index (χ4v) is 3.20. The van der Waals surface area contributed by atoms with E-state index in [2.05, 4.69) is 34.8 Å². The van der Waals surface area contributed by atoms with E-state index in [9.17, 15) is 0 Å². The highest BCUT2D eigenvalue weighted by Gasteiger charge is 2.26. The first-order valence-electron chi connectivity index (χ1n) is 8.42. The zero-order chi connectivity index (χ0) is 15.4. The number of allylic oxidation sites excluding steroid dienone is 1. The lowest BCUT2D eigenvalue weighted by Gasteiger charge is -2.32. The van der Waals surface area contributed by atoms with Crippen LogP contribution in [0.5, 0.6) is 6.01 Å². The van der Waals surface area contributed by atoms with Gasteiger partial charge in [-0.15, -0.1) is 6.58 Å². The molecule has 1 fully saturated rings. The summed E-state index contributed by atoms with van der Waals surface area (Å²) in [6.07, 6.45) is 6.18. The van der Waals surface area contributed by atoms with Crippen LogP contribution in [0.15, 0.2) is 12.7 Å². The van der Waals surface area contributed by atoms with Gasteiger partial charge in [-0.05, 0) is 31.6 Å². The normalized spacial score (nSPS) is 21.3. The molecule has 2 heterocycles. The first-order chi connectivity index (χ1) is 10.8. The van der Waals surface area contributed by atoms with Gasteiger partial charge in [0.1, 0.15) is 5.82 Å². The zero-order valence-electron chi connectivity index (χ0n) is 13.5. The summed E-state index contributed by atoms with van der Waals surface area (Å²) >= 11 is 0. The monoisotopic (exact) mass is 302 g/mol. The lowest BCUT2D eigenvalue weighted by Crippen LogP contribution is -2.44. The maximum atomic E-state index is 5.73. The molecule has 0 spiro atoms. The van der Waals surface area contributed by atoms with Crippen molar-refractivity contribution >= 4 is 5.82 Å². The largest absolute Gasteiger partial charge is 0.463 e. The Labute approximate surface area is 132 Å². The number of aromatic nitrogens is 2. The quantitative estimate of drug-likeness (QED) is 0.843. The molecule has 5 nitrogen and oxygen atoms in total. The minimum absolute atomic E-state index is 0.525. The molecule has 2 aliphatic rings. The third-order valence-corrected chi connectivity index (χ3v) is 4.46. The van der Waals surface area contributed by atoms with Crippen LogP contribution < -0.4 is 15.0 Å². The standard InChI is InChI=1S/C17H26N4O/c1-3-11-22-17-19-15-12-13(4-2)5-6-14(15)16(20-17)21-9-7-18-8-10-21/h4,13,18H,2-3,5-12H2,1H3. The lowest BCUT2D eigenvalue weighted by molar-refractivity contribution is 0.289. The topological polar surface area (TPSA) is 50.3 Å². The minimum Gasteiger partial charge on any atom is -0.463 e. The van der Waals surface area contributed by atoms with Crippen LogP contribution >= 0.6 is 0 Å². The summed E-state index contributed by atoms with van der Waals surface area (Å²) in [4.78, 5) is 11.8. The Morgan fingerprint density at radius 3 is 2.91 bits per heavy atom. The van der Waals surface area contributed by atoms with Crippen molar-refractivity contribution < 1.29 is 4.74 Å². The van der Waals surface area contributed by atoms with E-state index in [4.69, 9.17) is 9.72 Å². The van der Waals surface area contributed by atoms with Crippen molar-refractivity contribution in [1.29, 1.82) is 0 Å². The van der Waals surface area contributed by atoms with Gasteiger partial charge in [0.15, 0.2) is 0 Å². The van der Waals surface area contributed by atoms with Crippen molar-refractivity contribution in [3.05, 3.63) is 23.9 Å². The van der Waals surface area contributed by atoms with Gasteiger partial charge in [-0.25, -0.2) is 0 Å². The molecule has 1 aromatic heterocycles. The summed E-state index contributed by atoms with van der Waals surface area (Å²) in [5.74, 6) is 1.62. The molecule has 3 rings (SSSR count). The number of nitrogens with one attached hydrogen (secondary N) is 1. The Balaban J connectivity index is 1.93. The number of rotatable bonds is 5. The van der Waals surface area contributed by atoms with E-state index in [-0.39, 0.29) is 0 Å². The minimum atomic E-state index is 0.525. The number of nitrogens with zero attached hydrogens (tertiary/aromatic N) is 3. The first kappa shape index (κ1) is 15.3. The molecule has 120 valence electrons. The highest BCUT2D eigenvalue weighted by atomic mass is 16.5. The van der Waals surface area contributed by atoms with Crippen LogP contribution in [0.2, 0.25) is 0 Å². The predicted molar refractivity (Wildman–Crippen MR) is 88.6 cm³/mol. The number of fused-ring (bicyclic) bond motifs is 1. The second kappa shape index (κ2) is 7.09. The molecular formula is C17H26N4O. The molecule has 0 amide bonds. The van der Waals surface area contributed by atoms with Crippen LogP contribution in [-0.4, -0.2) is 42.8 Å². The maximum Gasteiger partial charge on any atom is 0.318 e. The van der Waals surface area contributed by atoms with Crippen LogP contribution in [0.25, 0.3) is 0 Å². The molecule has 5 heteroatoms. The summed E-state index contributed by atoms with van der Waals surface area (Å²) < 4.78 is 5.73. The molecule has 1 saturated heterocycles. The van der Waals surface area contributed by atoms with Gasteiger partial charge in [-0.2, -0.15) is 9.97 Å². The Morgan fingerprint density at radius 1 is 1.36 bits per heavy atom. The third-order valence-electron chi connectivity index (χ3n) is 4.46. The molecule has 1 aliphatic heterocycles.